The fraction of sp³-hybridized carbons (Fsp3) is 0.357. The summed E-state index contributed by atoms with van der Waals surface area (Å²) < 4.78 is 0. The largest absolute Gasteiger partial charge is 0.323 e. The minimum atomic E-state index is -0.683. The lowest BCUT2D eigenvalue weighted by Crippen LogP contribution is -2.54. The van der Waals surface area contributed by atoms with Gasteiger partial charge in [-0.1, -0.05) is 0 Å². The molecule has 116 valence electrons. The second-order valence-electron chi connectivity index (χ2n) is 5.36. The zero-order valence-electron chi connectivity index (χ0n) is 12.3. The van der Waals surface area contributed by atoms with Crippen molar-refractivity contribution in [1.29, 1.82) is 0 Å². The molecule has 2 amide bonds. The summed E-state index contributed by atoms with van der Waals surface area (Å²) in [7, 11) is 2.03. The summed E-state index contributed by atoms with van der Waals surface area (Å²) >= 11 is 0. The number of nitrogens with one attached hydrogen (secondary N) is 3. The van der Waals surface area contributed by atoms with Crippen LogP contribution >= 0.6 is 0 Å². The molecule has 8 nitrogen and oxygen atoms in total. The fourth-order valence-electron chi connectivity index (χ4n) is 2.32. The third kappa shape index (κ3) is 3.23. The van der Waals surface area contributed by atoms with E-state index in [1.165, 1.54) is 0 Å². The van der Waals surface area contributed by atoms with Gasteiger partial charge in [0.1, 0.15) is 0 Å². The van der Waals surface area contributed by atoms with Crippen LogP contribution in [0.4, 0.5) is 5.69 Å². The molecule has 8 heteroatoms. The highest BCUT2D eigenvalue weighted by molar-refractivity contribution is 6.39. The van der Waals surface area contributed by atoms with E-state index in [0.29, 0.717) is 18.8 Å². The van der Waals surface area contributed by atoms with Crippen LogP contribution in [-0.4, -0.2) is 65.1 Å². The molecule has 0 radical (unpaired) electrons. The Balaban J connectivity index is 1.57. The number of nitrogens with zero attached hydrogens (tertiary/aromatic N) is 3. The van der Waals surface area contributed by atoms with E-state index in [4.69, 9.17) is 0 Å². The molecule has 0 bridgehead atoms. The van der Waals surface area contributed by atoms with E-state index in [9.17, 15) is 9.59 Å². The first-order chi connectivity index (χ1) is 10.6. The molecule has 22 heavy (non-hydrogen) atoms. The van der Waals surface area contributed by atoms with Crippen molar-refractivity contribution in [3.05, 3.63) is 24.4 Å². The van der Waals surface area contributed by atoms with Crippen molar-refractivity contribution in [3.8, 4) is 0 Å². The fourth-order valence-corrected chi connectivity index (χ4v) is 2.32. The van der Waals surface area contributed by atoms with Crippen LogP contribution in [0.1, 0.15) is 0 Å². The number of carbonyl (C=O) groups is 2. The zero-order valence-corrected chi connectivity index (χ0v) is 12.3. The Morgan fingerprint density at radius 3 is 2.73 bits per heavy atom. The Labute approximate surface area is 127 Å². The third-order valence-electron chi connectivity index (χ3n) is 3.67. The molecule has 3 N–H and O–H groups in total. The second-order valence-corrected chi connectivity index (χ2v) is 5.36. The molecule has 2 heterocycles. The standard InChI is InChI=1S/C14H18N6O2/c1-19-4-6-20(7-5-19)18-14(22)13(21)16-11-3-2-10-9-15-17-12(10)8-11/h2-3,8-9H,4-7H2,1H3,(H,15,17)(H,16,21)(H,18,22). The van der Waals surface area contributed by atoms with Gasteiger partial charge in [-0.15, -0.1) is 0 Å². The van der Waals surface area contributed by atoms with Crippen LogP contribution in [0.5, 0.6) is 0 Å². The monoisotopic (exact) mass is 302 g/mol. The Hall–Kier alpha value is -2.45. The minimum absolute atomic E-state index is 0.551. The number of amides is 2. The van der Waals surface area contributed by atoms with Crippen LogP contribution in [0.3, 0.4) is 0 Å². The number of anilines is 1. The Morgan fingerprint density at radius 1 is 1.18 bits per heavy atom. The molecule has 1 fully saturated rings. The van der Waals surface area contributed by atoms with Gasteiger partial charge in [0.15, 0.2) is 0 Å². The number of rotatable bonds is 2. The highest BCUT2D eigenvalue weighted by atomic mass is 16.2. The highest BCUT2D eigenvalue weighted by Gasteiger charge is 2.20. The molecule has 0 unspecified atom stereocenters. The van der Waals surface area contributed by atoms with Crippen molar-refractivity contribution in [2.75, 3.05) is 38.5 Å². The summed E-state index contributed by atoms with van der Waals surface area (Å²) in [6, 6.07) is 5.30. The average molecular weight is 302 g/mol. The molecule has 0 spiro atoms. The molecule has 1 aromatic carbocycles. The maximum Gasteiger partial charge on any atom is 0.323 e. The Kier molecular flexibility index (Phi) is 4.03. The lowest BCUT2D eigenvalue weighted by atomic mass is 10.2. The van der Waals surface area contributed by atoms with Crippen LogP contribution in [-0.2, 0) is 9.59 Å². The number of hydrazine groups is 1. The number of aromatic amines is 1. The van der Waals surface area contributed by atoms with Gasteiger partial charge in [0, 0.05) is 37.3 Å². The average Bonchev–Trinajstić information content (AvgIpc) is 2.97. The Bertz CT molecular complexity index is 689. The van der Waals surface area contributed by atoms with E-state index >= 15 is 0 Å². The maximum atomic E-state index is 11.9. The van der Waals surface area contributed by atoms with Gasteiger partial charge in [-0.3, -0.25) is 20.1 Å². The molecular formula is C14H18N6O2. The van der Waals surface area contributed by atoms with Gasteiger partial charge in [-0.05, 0) is 25.2 Å². The quantitative estimate of drug-likeness (QED) is 0.667. The number of likely N-dealkylation sites (N-methyl/N-ethyl adjacent to an activating group) is 1. The number of H-pyrrole nitrogens is 1. The summed E-state index contributed by atoms with van der Waals surface area (Å²) in [6.45, 7) is 3.13. The van der Waals surface area contributed by atoms with Crippen molar-refractivity contribution in [2.24, 2.45) is 0 Å². The molecule has 3 rings (SSSR count). The maximum absolute atomic E-state index is 11.9. The highest BCUT2D eigenvalue weighted by Crippen LogP contribution is 2.16. The molecule has 0 saturated carbocycles. The topological polar surface area (TPSA) is 93.4 Å². The van der Waals surface area contributed by atoms with Gasteiger partial charge in [-0.2, -0.15) is 5.10 Å². The number of hydrogen-bond acceptors (Lipinski definition) is 5. The second kappa shape index (κ2) is 6.12. The van der Waals surface area contributed by atoms with Crippen molar-refractivity contribution < 1.29 is 9.59 Å². The molecular weight excluding hydrogens is 284 g/mol. The van der Waals surface area contributed by atoms with Crippen LogP contribution in [0, 0.1) is 0 Å². The van der Waals surface area contributed by atoms with Gasteiger partial charge < -0.3 is 10.2 Å². The number of hydrogen-bond donors (Lipinski definition) is 3. The number of carbonyl (C=O) groups excluding carboxylic acids is 2. The summed E-state index contributed by atoms with van der Waals surface area (Å²) in [6.07, 6.45) is 1.70. The molecule has 1 aliphatic heterocycles. The van der Waals surface area contributed by atoms with Crippen LogP contribution < -0.4 is 10.7 Å². The normalized spacial score (nSPS) is 16.6. The van der Waals surface area contributed by atoms with Gasteiger partial charge in [0.2, 0.25) is 0 Å². The van der Waals surface area contributed by atoms with Gasteiger partial charge in [-0.25, -0.2) is 5.01 Å². The zero-order chi connectivity index (χ0) is 15.5. The predicted molar refractivity (Wildman–Crippen MR) is 81.9 cm³/mol. The summed E-state index contributed by atoms with van der Waals surface area (Å²) in [5.41, 5.74) is 3.98. The van der Waals surface area contributed by atoms with E-state index in [1.807, 2.05) is 13.1 Å². The first-order valence-corrected chi connectivity index (χ1v) is 7.10. The molecule has 0 atom stereocenters. The molecule has 1 aliphatic rings. The molecule has 1 saturated heterocycles. The summed E-state index contributed by atoms with van der Waals surface area (Å²) in [5, 5.41) is 12.0. The number of aromatic nitrogens is 2. The van der Waals surface area contributed by atoms with Crippen molar-refractivity contribution in [1.82, 2.24) is 25.5 Å². The van der Waals surface area contributed by atoms with E-state index in [0.717, 1.165) is 24.0 Å². The van der Waals surface area contributed by atoms with Gasteiger partial charge >= 0.3 is 11.8 Å². The predicted octanol–water partition coefficient (Wildman–Crippen LogP) is -0.220. The van der Waals surface area contributed by atoms with Crippen molar-refractivity contribution >= 4 is 28.4 Å². The van der Waals surface area contributed by atoms with Gasteiger partial charge in [0.05, 0.1) is 11.7 Å². The number of piperazine rings is 1. The minimum Gasteiger partial charge on any atom is -0.318 e. The van der Waals surface area contributed by atoms with Crippen LogP contribution in [0.25, 0.3) is 10.9 Å². The number of benzene rings is 1. The molecule has 2 aromatic rings. The Morgan fingerprint density at radius 2 is 1.95 bits per heavy atom. The lowest BCUT2D eigenvalue weighted by Gasteiger charge is -2.32. The first kappa shape index (κ1) is 14.5. The summed E-state index contributed by atoms with van der Waals surface area (Å²) in [4.78, 5) is 26.0. The smallest absolute Gasteiger partial charge is 0.318 e. The van der Waals surface area contributed by atoms with Crippen molar-refractivity contribution in [2.45, 2.75) is 0 Å². The third-order valence-corrected chi connectivity index (χ3v) is 3.67. The van der Waals surface area contributed by atoms with E-state index in [2.05, 4.69) is 25.8 Å². The first-order valence-electron chi connectivity index (χ1n) is 7.10. The number of fused-ring (bicyclic) bond motifs is 1. The van der Waals surface area contributed by atoms with Gasteiger partial charge in [0.25, 0.3) is 0 Å². The SMILES string of the molecule is CN1CCN(NC(=O)C(=O)Nc2ccc3cn[nH]c3c2)CC1. The van der Waals surface area contributed by atoms with Crippen LogP contribution in [0.15, 0.2) is 24.4 Å². The molecule has 1 aromatic heterocycles. The summed E-state index contributed by atoms with van der Waals surface area (Å²) in [5.74, 6) is -1.34. The van der Waals surface area contributed by atoms with Crippen LogP contribution in [0.2, 0.25) is 0 Å². The molecule has 0 aliphatic carbocycles. The lowest BCUT2D eigenvalue weighted by molar-refractivity contribution is -0.139. The van der Waals surface area contributed by atoms with E-state index in [1.54, 1.807) is 23.3 Å². The van der Waals surface area contributed by atoms with E-state index < -0.39 is 11.8 Å². The van der Waals surface area contributed by atoms with E-state index in [-0.39, 0.29) is 0 Å². The van der Waals surface area contributed by atoms with Crippen molar-refractivity contribution in [3.63, 3.8) is 0 Å².